The molecule has 0 saturated heterocycles. The molecule has 0 aromatic heterocycles. The van der Waals surface area contributed by atoms with Gasteiger partial charge in [0.2, 0.25) is 5.91 Å². The van der Waals surface area contributed by atoms with Crippen LogP contribution >= 0.6 is 0 Å². The summed E-state index contributed by atoms with van der Waals surface area (Å²) < 4.78 is 0. The maximum Gasteiger partial charge on any atom is 0.251 e. The predicted molar refractivity (Wildman–Crippen MR) is 85.1 cm³/mol. The van der Waals surface area contributed by atoms with E-state index in [1.165, 1.54) is 0 Å². The maximum atomic E-state index is 12.3. The van der Waals surface area contributed by atoms with Gasteiger partial charge in [-0.05, 0) is 26.0 Å². The Kier molecular flexibility index (Phi) is 6.40. The summed E-state index contributed by atoms with van der Waals surface area (Å²) >= 11 is 0. The third kappa shape index (κ3) is 4.91. The molecule has 1 aromatic carbocycles. The number of benzene rings is 1. The summed E-state index contributed by atoms with van der Waals surface area (Å²) in [5.41, 5.74) is 1.62. The van der Waals surface area contributed by atoms with Crippen LogP contribution in [0, 0.1) is 6.92 Å². The van der Waals surface area contributed by atoms with E-state index >= 15 is 0 Å². The van der Waals surface area contributed by atoms with Gasteiger partial charge in [-0.2, -0.15) is 0 Å². The van der Waals surface area contributed by atoms with Crippen LogP contribution in [0.5, 0.6) is 0 Å². The smallest absolute Gasteiger partial charge is 0.251 e. The molecule has 1 aromatic rings. The van der Waals surface area contributed by atoms with E-state index in [4.69, 9.17) is 0 Å². The Hall–Kier alpha value is -2.36. The highest BCUT2D eigenvalue weighted by Crippen LogP contribution is 2.04. The normalized spacial score (nSPS) is 11.3. The number of carbonyl (C=O) groups is 2. The quantitative estimate of drug-likeness (QED) is 0.782. The lowest BCUT2D eigenvalue weighted by molar-refractivity contribution is -0.131. The average Bonchev–Trinajstić information content (AvgIpc) is 2.46. The molecule has 0 bridgehead atoms. The van der Waals surface area contributed by atoms with E-state index in [1.54, 1.807) is 36.1 Å². The summed E-state index contributed by atoms with van der Waals surface area (Å²) in [7, 11) is 0. The van der Waals surface area contributed by atoms with Crippen molar-refractivity contribution in [1.82, 2.24) is 10.2 Å². The molecule has 0 saturated carbocycles. The molecule has 0 aliphatic heterocycles. The molecule has 112 valence electrons. The van der Waals surface area contributed by atoms with E-state index in [-0.39, 0.29) is 11.8 Å². The molecule has 1 N–H and O–H groups in total. The van der Waals surface area contributed by atoms with Gasteiger partial charge in [-0.25, -0.2) is 0 Å². The minimum atomic E-state index is -0.598. The number of rotatable bonds is 7. The topological polar surface area (TPSA) is 49.4 Å². The summed E-state index contributed by atoms with van der Waals surface area (Å²) in [6.45, 7) is 11.7. The van der Waals surface area contributed by atoms with Crippen LogP contribution in [0.2, 0.25) is 0 Å². The number of hydrogen-bond donors (Lipinski definition) is 1. The largest absolute Gasteiger partial charge is 0.341 e. The lowest BCUT2D eigenvalue weighted by atomic mass is 10.1. The van der Waals surface area contributed by atoms with Gasteiger partial charge in [0.1, 0.15) is 6.04 Å². The highest BCUT2D eigenvalue weighted by Gasteiger charge is 2.20. The van der Waals surface area contributed by atoms with Crippen LogP contribution in [0.1, 0.15) is 22.8 Å². The molecule has 4 nitrogen and oxygen atoms in total. The van der Waals surface area contributed by atoms with Gasteiger partial charge >= 0.3 is 0 Å². The molecule has 21 heavy (non-hydrogen) atoms. The van der Waals surface area contributed by atoms with Crippen LogP contribution in [-0.2, 0) is 4.79 Å². The second-order valence-electron chi connectivity index (χ2n) is 4.88. The number of nitrogens with zero attached hydrogens (tertiary/aromatic N) is 1. The van der Waals surface area contributed by atoms with Gasteiger partial charge in [-0.1, -0.05) is 29.8 Å². The van der Waals surface area contributed by atoms with Gasteiger partial charge in [-0.15, -0.1) is 13.2 Å². The minimum absolute atomic E-state index is 0.157. The van der Waals surface area contributed by atoms with Crippen molar-refractivity contribution in [3.8, 4) is 0 Å². The molecule has 0 radical (unpaired) electrons. The fraction of sp³-hybridized carbons (Fsp3) is 0.294. The summed E-state index contributed by atoms with van der Waals surface area (Å²) in [6.07, 6.45) is 3.30. The monoisotopic (exact) mass is 286 g/mol. The number of amides is 2. The van der Waals surface area contributed by atoms with Gasteiger partial charge in [0.05, 0.1) is 0 Å². The van der Waals surface area contributed by atoms with E-state index in [2.05, 4.69) is 18.5 Å². The summed E-state index contributed by atoms with van der Waals surface area (Å²) in [4.78, 5) is 25.9. The molecule has 4 heteroatoms. The molecule has 1 rings (SSSR count). The van der Waals surface area contributed by atoms with Crippen molar-refractivity contribution in [2.24, 2.45) is 0 Å². The average molecular weight is 286 g/mol. The number of carbonyl (C=O) groups excluding carboxylic acids is 2. The van der Waals surface area contributed by atoms with Crippen LogP contribution in [-0.4, -0.2) is 35.8 Å². The zero-order chi connectivity index (χ0) is 15.8. The molecule has 0 heterocycles. The van der Waals surface area contributed by atoms with E-state index in [0.717, 1.165) is 5.56 Å². The summed E-state index contributed by atoms with van der Waals surface area (Å²) in [6, 6.07) is 6.62. The van der Waals surface area contributed by atoms with Crippen LogP contribution in [0.4, 0.5) is 0 Å². The molecule has 0 fully saturated rings. The Morgan fingerprint density at radius 1 is 1.19 bits per heavy atom. The molecular weight excluding hydrogens is 264 g/mol. The van der Waals surface area contributed by atoms with Crippen LogP contribution in [0.3, 0.4) is 0 Å². The first-order valence-electron chi connectivity index (χ1n) is 6.87. The van der Waals surface area contributed by atoms with Gasteiger partial charge in [0.15, 0.2) is 0 Å². The number of aryl methyl sites for hydroxylation is 1. The number of nitrogens with one attached hydrogen (secondary N) is 1. The number of hydrogen-bond acceptors (Lipinski definition) is 2. The summed E-state index contributed by atoms with van der Waals surface area (Å²) in [5, 5.41) is 2.71. The van der Waals surface area contributed by atoms with Crippen molar-refractivity contribution in [2.45, 2.75) is 19.9 Å². The van der Waals surface area contributed by atoms with E-state index in [0.29, 0.717) is 18.7 Å². The molecule has 0 aliphatic carbocycles. The third-order valence-corrected chi connectivity index (χ3v) is 3.04. The second kappa shape index (κ2) is 8.04. The van der Waals surface area contributed by atoms with Gasteiger partial charge in [0, 0.05) is 18.7 Å². The zero-order valence-corrected chi connectivity index (χ0v) is 12.6. The Bertz CT molecular complexity index is 510. The lowest BCUT2D eigenvalue weighted by Gasteiger charge is -2.23. The highest BCUT2D eigenvalue weighted by molar-refractivity contribution is 5.97. The molecule has 2 amide bonds. The Labute approximate surface area is 126 Å². The second-order valence-corrected chi connectivity index (χ2v) is 4.88. The lowest BCUT2D eigenvalue weighted by Crippen LogP contribution is -2.47. The van der Waals surface area contributed by atoms with E-state index in [1.807, 2.05) is 19.1 Å². The van der Waals surface area contributed by atoms with E-state index < -0.39 is 6.04 Å². The maximum absolute atomic E-state index is 12.3. The fourth-order valence-corrected chi connectivity index (χ4v) is 1.89. The summed E-state index contributed by atoms with van der Waals surface area (Å²) in [5.74, 6) is -0.414. The standard InChI is InChI=1S/C17H22N2O2/c1-5-11-19(12-6-2)17(21)14(4)18-16(20)15-9-7-13(3)8-10-15/h5-10,14H,1-2,11-12H2,3-4H3,(H,18,20). The Morgan fingerprint density at radius 2 is 1.71 bits per heavy atom. The van der Waals surface area contributed by atoms with Crippen molar-refractivity contribution in [1.29, 1.82) is 0 Å². The molecule has 1 unspecified atom stereocenters. The molecular formula is C17H22N2O2. The molecule has 0 aliphatic rings. The van der Waals surface area contributed by atoms with Crippen molar-refractivity contribution < 1.29 is 9.59 Å². The predicted octanol–water partition coefficient (Wildman–Crippen LogP) is 2.31. The first kappa shape index (κ1) is 16.7. The molecule has 1 atom stereocenters. The van der Waals surface area contributed by atoms with Crippen molar-refractivity contribution in [2.75, 3.05) is 13.1 Å². The SMILES string of the molecule is C=CCN(CC=C)C(=O)C(C)NC(=O)c1ccc(C)cc1. The highest BCUT2D eigenvalue weighted by atomic mass is 16.2. The zero-order valence-electron chi connectivity index (χ0n) is 12.6. The third-order valence-electron chi connectivity index (χ3n) is 3.04. The van der Waals surface area contributed by atoms with Crippen molar-refractivity contribution in [3.63, 3.8) is 0 Å². The van der Waals surface area contributed by atoms with E-state index in [9.17, 15) is 9.59 Å². The van der Waals surface area contributed by atoms with Gasteiger partial charge in [-0.3, -0.25) is 9.59 Å². The first-order chi connectivity index (χ1) is 9.99. The van der Waals surface area contributed by atoms with Crippen molar-refractivity contribution in [3.05, 3.63) is 60.7 Å². The first-order valence-corrected chi connectivity index (χ1v) is 6.87. The van der Waals surface area contributed by atoms with Gasteiger partial charge in [0.25, 0.3) is 5.91 Å². The van der Waals surface area contributed by atoms with Crippen LogP contribution in [0.25, 0.3) is 0 Å². The van der Waals surface area contributed by atoms with Crippen LogP contribution < -0.4 is 5.32 Å². The minimum Gasteiger partial charge on any atom is -0.341 e. The van der Waals surface area contributed by atoms with Crippen molar-refractivity contribution >= 4 is 11.8 Å². The fourth-order valence-electron chi connectivity index (χ4n) is 1.89. The van der Waals surface area contributed by atoms with Crippen LogP contribution in [0.15, 0.2) is 49.6 Å². The Morgan fingerprint density at radius 3 is 2.19 bits per heavy atom. The Balaban J connectivity index is 2.69. The molecule has 0 spiro atoms. The van der Waals surface area contributed by atoms with Gasteiger partial charge < -0.3 is 10.2 Å².